The summed E-state index contributed by atoms with van der Waals surface area (Å²) < 4.78 is 0. The predicted octanol–water partition coefficient (Wildman–Crippen LogP) is 1.71. The smallest absolute Gasteiger partial charge is 0.321 e. The number of hydrogen-bond acceptors (Lipinski definition) is 4. The summed E-state index contributed by atoms with van der Waals surface area (Å²) in [7, 11) is 2.99. The van der Waals surface area contributed by atoms with Crippen molar-refractivity contribution >= 4 is 46.7 Å². The van der Waals surface area contributed by atoms with Crippen molar-refractivity contribution in [1.29, 1.82) is 0 Å². The molecule has 0 heterocycles. The summed E-state index contributed by atoms with van der Waals surface area (Å²) in [5.41, 5.74) is 0.316. The summed E-state index contributed by atoms with van der Waals surface area (Å²) >= 11 is 12.0. The minimum atomic E-state index is -0.681. The third kappa shape index (κ3) is 5.70. The van der Waals surface area contributed by atoms with Crippen LogP contribution in [-0.2, 0) is 9.59 Å². The van der Waals surface area contributed by atoms with E-state index in [4.69, 9.17) is 23.2 Å². The van der Waals surface area contributed by atoms with Crippen LogP contribution in [0.4, 0.5) is 10.5 Å². The number of hydrogen-bond donors (Lipinski definition) is 3. The summed E-state index contributed by atoms with van der Waals surface area (Å²) in [6, 6.07) is 3.58. The van der Waals surface area contributed by atoms with Gasteiger partial charge in [0, 0.05) is 7.05 Å². The number of imide groups is 1. The van der Waals surface area contributed by atoms with Crippen LogP contribution in [0.1, 0.15) is 6.92 Å². The number of amides is 4. The molecule has 9 heteroatoms. The summed E-state index contributed by atoms with van der Waals surface area (Å²) in [6.45, 7) is 1.50. The van der Waals surface area contributed by atoms with Crippen molar-refractivity contribution in [2.24, 2.45) is 0 Å². The topological polar surface area (TPSA) is 90.5 Å². The van der Waals surface area contributed by atoms with Gasteiger partial charge in [0.05, 0.1) is 28.3 Å². The Morgan fingerprint density at radius 1 is 1.22 bits per heavy atom. The van der Waals surface area contributed by atoms with Gasteiger partial charge in [-0.15, -0.1) is 0 Å². The normalized spacial score (nSPS) is 11.7. The average Bonchev–Trinajstić information content (AvgIpc) is 2.49. The number of halogens is 2. The van der Waals surface area contributed by atoms with Gasteiger partial charge in [0.1, 0.15) is 0 Å². The maximum atomic E-state index is 12.1. The molecule has 0 fully saturated rings. The molecule has 1 rings (SSSR count). The zero-order valence-corrected chi connectivity index (χ0v) is 14.5. The second kappa shape index (κ2) is 8.71. The average molecular weight is 361 g/mol. The quantitative estimate of drug-likeness (QED) is 0.745. The number of nitrogens with zero attached hydrogens (tertiary/aromatic N) is 1. The second-order valence-corrected chi connectivity index (χ2v) is 5.62. The molecule has 0 saturated heterocycles. The van der Waals surface area contributed by atoms with Gasteiger partial charge in [-0.2, -0.15) is 0 Å². The maximum Gasteiger partial charge on any atom is 0.321 e. The van der Waals surface area contributed by atoms with Crippen molar-refractivity contribution in [1.82, 2.24) is 15.5 Å². The number of rotatable bonds is 5. The number of carbonyl (C=O) groups excluding carboxylic acids is 3. The Morgan fingerprint density at radius 2 is 1.78 bits per heavy atom. The number of urea groups is 1. The Hall–Kier alpha value is -1.83. The highest BCUT2D eigenvalue weighted by Gasteiger charge is 2.22. The van der Waals surface area contributed by atoms with Gasteiger partial charge in [-0.05, 0) is 26.1 Å². The number of carbonyl (C=O) groups is 3. The molecule has 126 valence electrons. The van der Waals surface area contributed by atoms with Gasteiger partial charge in [0.2, 0.25) is 11.8 Å². The largest absolute Gasteiger partial charge is 0.341 e. The molecule has 0 aromatic heterocycles. The van der Waals surface area contributed by atoms with Crippen LogP contribution >= 0.6 is 23.2 Å². The van der Waals surface area contributed by atoms with Crippen molar-refractivity contribution in [2.75, 3.05) is 26.0 Å². The van der Waals surface area contributed by atoms with Crippen molar-refractivity contribution in [3.8, 4) is 0 Å². The Morgan fingerprint density at radius 3 is 2.30 bits per heavy atom. The van der Waals surface area contributed by atoms with E-state index in [1.165, 1.54) is 11.9 Å². The van der Waals surface area contributed by atoms with Crippen LogP contribution in [0, 0.1) is 0 Å². The van der Waals surface area contributed by atoms with Crippen LogP contribution in [-0.4, -0.2) is 49.4 Å². The fourth-order valence-electron chi connectivity index (χ4n) is 1.64. The zero-order valence-electron chi connectivity index (χ0n) is 12.9. The van der Waals surface area contributed by atoms with Crippen LogP contribution in [0.2, 0.25) is 10.0 Å². The van der Waals surface area contributed by atoms with E-state index < -0.39 is 18.0 Å². The lowest BCUT2D eigenvalue weighted by Gasteiger charge is -2.23. The molecular formula is C14H18Cl2N4O3. The van der Waals surface area contributed by atoms with Gasteiger partial charge in [-0.25, -0.2) is 4.79 Å². The first-order chi connectivity index (χ1) is 10.8. The van der Waals surface area contributed by atoms with Crippen molar-refractivity contribution in [3.63, 3.8) is 0 Å². The number of para-hydroxylation sites is 1. The fourth-order valence-corrected chi connectivity index (χ4v) is 2.13. The Kier molecular flexibility index (Phi) is 7.28. The van der Waals surface area contributed by atoms with E-state index in [-0.39, 0.29) is 12.5 Å². The molecule has 1 atom stereocenters. The molecule has 0 radical (unpaired) electrons. The maximum absolute atomic E-state index is 12.1. The van der Waals surface area contributed by atoms with E-state index in [0.717, 1.165) is 0 Å². The first kappa shape index (κ1) is 19.2. The van der Waals surface area contributed by atoms with Gasteiger partial charge in [-0.1, -0.05) is 29.3 Å². The van der Waals surface area contributed by atoms with Gasteiger partial charge in [-0.3, -0.25) is 19.8 Å². The van der Waals surface area contributed by atoms with Crippen LogP contribution in [0.5, 0.6) is 0 Å². The lowest BCUT2D eigenvalue weighted by Crippen LogP contribution is -2.49. The summed E-state index contributed by atoms with van der Waals surface area (Å²) in [4.78, 5) is 36.5. The first-order valence-corrected chi connectivity index (χ1v) is 7.48. The van der Waals surface area contributed by atoms with Gasteiger partial charge in [0.25, 0.3) is 0 Å². The standard InChI is InChI=1S/C14H18Cl2N4O3/c1-8(13(22)19-14(23)17-2)20(3)7-11(21)18-12-9(15)5-4-6-10(12)16/h4-6,8H,7H2,1-3H3,(H,18,21)(H2,17,19,22,23)/t8-/m0/s1. The summed E-state index contributed by atoms with van der Waals surface area (Å²) in [6.07, 6.45) is 0. The first-order valence-electron chi connectivity index (χ1n) is 6.73. The Labute approximate surface area is 144 Å². The van der Waals surface area contributed by atoms with Crippen molar-refractivity contribution < 1.29 is 14.4 Å². The molecule has 0 aliphatic rings. The molecular weight excluding hydrogens is 343 g/mol. The summed E-state index contributed by atoms with van der Waals surface area (Å²) in [5.74, 6) is -0.905. The van der Waals surface area contributed by atoms with E-state index in [1.54, 1.807) is 32.2 Å². The van der Waals surface area contributed by atoms with Crippen LogP contribution in [0.15, 0.2) is 18.2 Å². The minimum absolute atomic E-state index is 0.0795. The third-order valence-corrected chi connectivity index (χ3v) is 3.75. The monoisotopic (exact) mass is 360 g/mol. The molecule has 23 heavy (non-hydrogen) atoms. The van der Waals surface area contributed by atoms with Gasteiger partial charge in [0.15, 0.2) is 0 Å². The Bertz CT molecular complexity index is 589. The van der Waals surface area contributed by atoms with Crippen LogP contribution in [0.25, 0.3) is 0 Å². The van der Waals surface area contributed by atoms with E-state index in [2.05, 4.69) is 16.0 Å². The molecule has 4 amide bonds. The van der Waals surface area contributed by atoms with Gasteiger partial charge >= 0.3 is 6.03 Å². The minimum Gasteiger partial charge on any atom is -0.341 e. The highest BCUT2D eigenvalue weighted by molar-refractivity contribution is 6.39. The predicted molar refractivity (Wildman–Crippen MR) is 89.8 cm³/mol. The molecule has 0 bridgehead atoms. The summed E-state index contributed by atoms with van der Waals surface area (Å²) in [5, 5.41) is 7.66. The van der Waals surface area contributed by atoms with E-state index in [1.807, 2.05) is 0 Å². The molecule has 0 aliphatic carbocycles. The number of anilines is 1. The number of benzene rings is 1. The molecule has 0 unspecified atom stereocenters. The highest BCUT2D eigenvalue weighted by Crippen LogP contribution is 2.29. The fraction of sp³-hybridized carbons (Fsp3) is 0.357. The van der Waals surface area contributed by atoms with E-state index in [9.17, 15) is 14.4 Å². The van der Waals surface area contributed by atoms with E-state index >= 15 is 0 Å². The van der Waals surface area contributed by atoms with Crippen LogP contribution < -0.4 is 16.0 Å². The molecule has 1 aromatic rings. The number of nitrogens with one attached hydrogen (secondary N) is 3. The van der Waals surface area contributed by atoms with Crippen LogP contribution in [0.3, 0.4) is 0 Å². The molecule has 7 nitrogen and oxygen atoms in total. The Balaban J connectivity index is 2.63. The molecule has 0 aliphatic heterocycles. The number of likely N-dealkylation sites (N-methyl/N-ethyl adjacent to an activating group) is 1. The molecule has 0 spiro atoms. The zero-order chi connectivity index (χ0) is 17.6. The molecule has 1 aromatic carbocycles. The lowest BCUT2D eigenvalue weighted by atomic mass is 10.2. The van der Waals surface area contributed by atoms with Crippen molar-refractivity contribution in [3.05, 3.63) is 28.2 Å². The highest BCUT2D eigenvalue weighted by atomic mass is 35.5. The third-order valence-electron chi connectivity index (χ3n) is 3.12. The molecule has 3 N–H and O–H groups in total. The lowest BCUT2D eigenvalue weighted by molar-refractivity contribution is -0.125. The SMILES string of the molecule is CNC(=O)NC(=O)[C@H](C)N(C)CC(=O)Nc1c(Cl)cccc1Cl. The van der Waals surface area contributed by atoms with E-state index in [0.29, 0.717) is 15.7 Å². The van der Waals surface area contributed by atoms with Crippen molar-refractivity contribution in [2.45, 2.75) is 13.0 Å². The second-order valence-electron chi connectivity index (χ2n) is 4.80. The molecule has 0 saturated carbocycles. The van der Waals surface area contributed by atoms with Gasteiger partial charge < -0.3 is 10.6 Å².